The lowest BCUT2D eigenvalue weighted by atomic mass is 10.0. The maximum Gasteiger partial charge on any atom is 0.133 e. The van der Waals surface area contributed by atoms with Gasteiger partial charge in [-0.1, -0.05) is 17.7 Å². The molecule has 3 N–H and O–H groups in total. The van der Waals surface area contributed by atoms with Gasteiger partial charge in [-0.05, 0) is 58.8 Å². The highest BCUT2D eigenvalue weighted by Gasteiger charge is 2.20. The fraction of sp³-hybridized carbons (Fsp3) is 0.176. The lowest BCUT2D eigenvalue weighted by Crippen LogP contribution is -2.26. The average molecular weight is 361 g/mol. The van der Waals surface area contributed by atoms with Crippen LogP contribution in [-0.4, -0.2) is 12.2 Å². The van der Waals surface area contributed by atoms with Crippen molar-refractivity contribution >= 4 is 21.6 Å². The van der Waals surface area contributed by atoms with Gasteiger partial charge >= 0.3 is 0 Å². The van der Waals surface area contributed by atoms with Crippen LogP contribution in [0.2, 0.25) is 0 Å². The van der Waals surface area contributed by atoms with Crippen LogP contribution in [0.4, 0.5) is 0 Å². The minimum Gasteiger partial charge on any atom is -0.507 e. The maximum atomic E-state index is 10.0. The Bertz CT molecular complexity index is 743. The molecule has 0 amide bonds. The molecule has 1 heterocycles. The molecule has 0 saturated heterocycles. The van der Waals surface area contributed by atoms with Gasteiger partial charge in [-0.3, -0.25) is 0 Å². The highest BCUT2D eigenvalue weighted by Crippen LogP contribution is 2.33. The van der Waals surface area contributed by atoms with Crippen molar-refractivity contribution in [1.29, 1.82) is 0 Å². The molecule has 5 heteroatoms. The Kier molecular flexibility index (Phi) is 4.09. The SMILES string of the molecule is COc1ccc([C@@H]2C=C(c3cc(C)ccc3O)NN2)cc1Br. The van der Waals surface area contributed by atoms with Gasteiger partial charge in [-0.15, -0.1) is 0 Å². The van der Waals surface area contributed by atoms with E-state index in [1.807, 2.05) is 37.3 Å². The van der Waals surface area contributed by atoms with Crippen molar-refractivity contribution in [2.45, 2.75) is 13.0 Å². The normalized spacial score (nSPS) is 17.0. The van der Waals surface area contributed by atoms with Crippen molar-refractivity contribution in [1.82, 2.24) is 10.9 Å². The Balaban J connectivity index is 1.91. The molecule has 0 fully saturated rings. The van der Waals surface area contributed by atoms with Gasteiger partial charge in [0.15, 0.2) is 0 Å². The summed E-state index contributed by atoms with van der Waals surface area (Å²) in [7, 11) is 1.65. The Morgan fingerprint density at radius 2 is 2.00 bits per heavy atom. The number of aromatic hydroxyl groups is 1. The Hall–Kier alpha value is -1.98. The third-order valence-electron chi connectivity index (χ3n) is 3.67. The zero-order chi connectivity index (χ0) is 15.7. The number of phenolic OH excluding ortho intramolecular Hbond substituents is 1. The van der Waals surface area contributed by atoms with E-state index in [0.717, 1.165) is 32.6 Å². The van der Waals surface area contributed by atoms with Gasteiger partial charge < -0.3 is 15.3 Å². The van der Waals surface area contributed by atoms with E-state index >= 15 is 0 Å². The first-order chi connectivity index (χ1) is 10.6. The molecule has 3 rings (SSSR count). The van der Waals surface area contributed by atoms with E-state index in [0.29, 0.717) is 0 Å². The molecular weight excluding hydrogens is 344 g/mol. The minimum absolute atomic E-state index is 0.0251. The number of methoxy groups -OCH3 is 1. The van der Waals surface area contributed by atoms with Crippen LogP contribution in [0.15, 0.2) is 46.9 Å². The predicted octanol–water partition coefficient (Wildman–Crippen LogP) is 3.66. The second kappa shape index (κ2) is 6.02. The molecule has 2 aromatic rings. The number of hydrogen-bond acceptors (Lipinski definition) is 4. The van der Waals surface area contributed by atoms with E-state index in [-0.39, 0.29) is 11.8 Å². The summed E-state index contributed by atoms with van der Waals surface area (Å²) in [6, 6.07) is 11.5. The van der Waals surface area contributed by atoms with Crippen molar-refractivity contribution in [3.8, 4) is 11.5 Å². The lowest BCUT2D eigenvalue weighted by Gasteiger charge is -2.11. The van der Waals surface area contributed by atoms with Crippen LogP contribution in [0.5, 0.6) is 11.5 Å². The van der Waals surface area contributed by atoms with Gasteiger partial charge in [-0.25, -0.2) is 5.43 Å². The van der Waals surface area contributed by atoms with Crippen LogP contribution in [0.25, 0.3) is 5.70 Å². The van der Waals surface area contributed by atoms with Gasteiger partial charge in [0.05, 0.1) is 23.3 Å². The maximum absolute atomic E-state index is 10.0. The number of hydrazine groups is 1. The van der Waals surface area contributed by atoms with Crippen LogP contribution >= 0.6 is 15.9 Å². The number of nitrogens with one attached hydrogen (secondary N) is 2. The molecule has 0 unspecified atom stereocenters. The molecule has 0 spiro atoms. The van der Waals surface area contributed by atoms with E-state index in [4.69, 9.17) is 4.74 Å². The molecule has 0 aromatic heterocycles. The molecule has 22 heavy (non-hydrogen) atoms. The summed E-state index contributed by atoms with van der Waals surface area (Å²) in [5, 5.41) is 10.0. The van der Waals surface area contributed by atoms with Gasteiger partial charge in [0, 0.05) is 5.56 Å². The van der Waals surface area contributed by atoms with Crippen molar-refractivity contribution in [3.05, 3.63) is 63.6 Å². The Labute approximate surface area is 137 Å². The first kappa shape index (κ1) is 14.9. The number of halogens is 1. The van der Waals surface area contributed by atoms with Crippen LogP contribution < -0.4 is 15.6 Å². The van der Waals surface area contributed by atoms with Crippen LogP contribution in [0, 0.1) is 6.92 Å². The van der Waals surface area contributed by atoms with E-state index in [1.165, 1.54) is 0 Å². The second-order valence-corrected chi connectivity index (χ2v) is 6.10. The van der Waals surface area contributed by atoms with Crippen molar-refractivity contribution in [2.75, 3.05) is 7.11 Å². The zero-order valence-corrected chi connectivity index (χ0v) is 13.9. The number of rotatable bonds is 3. The third kappa shape index (κ3) is 2.82. The fourth-order valence-corrected chi connectivity index (χ4v) is 3.04. The van der Waals surface area contributed by atoms with Gasteiger partial charge in [0.1, 0.15) is 11.5 Å². The summed E-state index contributed by atoms with van der Waals surface area (Å²) in [6.45, 7) is 2.00. The van der Waals surface area contributed by atoms with Crippen LogP contribution in [-0.2, 0) is 0 Å². The van der Waals surface area contributed by atoms with Crippen molar-refractivity contribution < 1.29 is 9.84 Å². The molecule has 0 radical (unpaired) electrons. The van der Waals surface area contributed by atoms with Gasteiger partial charge in [0.25, 0.3) is 0 Å². The lowest BCUT2D eigenvalue weighted by molar-refractivity contribution is 0.412. The Morgan fingerprint density at radius 1 is 1.18 bits per heavy atom. The molecule has 4 nitrogen and oxygen atoms in total. The molecule has 0 saturated carbocycles. The third-order valence-corrected chi connectivity index (χ3v) is 4.29. The standard InChI is InChI=1S/C17H17BrN2O2/c1-10-3-5-16(21)12(7-10)15-9-14(19-20-15)11-4-6-17(22-2)13(18)8-11/h3-9,14,19-21H,1-2H3/t14-/m0/s1. The molecule has 0 bridgehead atoms. The van der Waals surface area contributed by atoms with Crippen LogP contribution in [0.3, 0.4) is 0 Å². The molecular formula is C17H17BrN2O2. The van der Waals surface area contributed by atoms with Gasteiger partial charge in [0.2, 0.25) is 0 Å². The zero-order valence-electron chi connectivity index (χ0n) is 12.4. The molecule has 1 atom stereocenters. The van der Waals surface area contributed by atoms with E-state index in [2.05, 4.69) is 32.9 Å². The first-order valence-electron chi connectivity index (χ1n) is 6.95. The quantitative estimate of drug-likeness (QED) is 0.781. The molecule has 2 aromatic carbocycles. The number of hydrogen-bond donors (Lipinski definition) is 3. The summed E-state index contributed by atoms with van der Waals surface area (Å²) in [6.07, 6.45) is 2.06. The number of aryl methyl sites for hydroxylation is 1. The van der Waals surface area contributed by atoms with Crippen LogP contribution in [0.1, 0.15) is 22.7 Å². The predicted molar refractivity (Wildman–Crippen MR) is 90.5 cm³/mol. The molecule has 1 aliphatic rings. The van der Waals surface area contributed by atoms with E-state index in [1.54, 1.807) is 13.2 Å². The fourth-order valence-electron chi connectivity index (χ4n) is 2.48. The number of benzene rings is 2. The smallest absolute Gasteiger partial charge is 0.133 e. The first-order valence-corrected chi connectivity index (χ1v) is 7.74. The topological polar surface area (TPSA) is 53.5 Å². The van der Waals surface area contributed by atoms with Crippen molar-refractivity contribution in [2.24, 2.45) is 0 Å². The van der Waals surface area contributed by atoms with Gasteiger partial charge in [-0.2, -0.15) is 0 Å². The highest BCUT2D eigenvalue weighted by atomic mass is 79.9. The summed E-state index contributed by atoms with van der Waals surface area (Å²) in [5.41, 5.74) is 10.2. The summed E-state index contributed by atoms with van der Waals surface area (Å²) in [4.78, 5) is 0. The minimum atomic E-state index is 0.0251. The highest BCUT2D eigenvalue weighted by molar-refractivity contribution is 9.10. The Morgan fingerprint density at radius 3 is 2.73 bits per heavy atom. The van der Waals surface area contributed by atoms with Crippen molar-refractivity contribution in [3.63, 3.8) is 0 Å². The summed E-state index contributed by atoms with van der Waals surface area (Å²) in [5.74, 6) is 1.07. The largest absolute Gasteiger partial charge is 0.507 e. The second-order valence-electron chi connectivity index (χ2n) is 5.24. The average Bonchev–Trinajstić information content (AvgIpc) is 2.99. The molecule has 0 aliphatic carbocycles. The van der Waals surface area contributed by atoms with E-state index < -0.39 is 0 Å². The summed E-state index contributed by atoms with van der Waals surface area (Å²) >= 11 is 3.50. The number of ether oxygens (including phenoxy) is 1. The van der Waals surface area contributed by atoms with E-state index in [9.17, 15) is 5.11 Å². The number of phenols is 1. The summed E-state index contributed by atoms with van der Waals surface area (Å²) < 4.78 is 6.16. The molecule has 114 valence electrons. The monoisotopic (exact) mass is 360 g/mol. The molecule has 1 aliphatic heterocycles.